The zero-order valence-corrected chi connectivity index (χ0v) is 17.0. The first-order valence-electron chi connectivity index (χ1n) is 9.12. The van der Waals surface area contributed by atoms with Crippen LogP contribution in [0.4, 0.5) is 13.6 Å². The lowest BCUT2D eigenvalue weighted by Gasteiger charge is -2.14. The first-order chi connectivity index (χ1) is 14.4. The maximum Gasteiger partial charge on any atom is 0.321 e. The minimum Gasteiger partial charge on any atom is -0.338 e. The molecule has 2 aromatic carbocycles. The Morgan fingerprint density at radius 3 is 2.53 bits per heavy atom. The fraction of sp³-hybridized carbons (Fsp3) is 0.200. The van der Waals surface area contributed by atoms with Gasteiger partial charge in [-0.3, -0.25) is 14.7 Å². The largest absolute Gasteiger partial charge is 0.338 e. The van der Waals surface area contributed by atoms with E-state index in [0.29, 0.717) is 17.9 Å². The molecule has 7 nitrogen and oxygen atoms in total. The summed E-state index contributed by atoms with van der Waals surface area (Å²) in [6.45, 7) is 3.69. The zero-order chi connectivity index (χ0) is 21.7. The van der Waals surface area contributed by atoms with E-state index in [-0.39, 0.29) is 10.8 Å². The summed E-state index contributed by atoms with van der Waals surface area (Å²) in [5, 5.41) is 12.4. The topological polar surface area (TPSA) is 88.9 Å². The van der Waals surface area contributed by atoms with Crippen molar-refractivity contribution in [3.05, 3.63) is 60.2 Å². The quantitative estimate of drug-likeness (QED) is 0.583. The maximum atomic E-state index is 14.6. The van der Waals surface area contributed by atoms with E-state index in [4.69, 9.17) is 0 Å². The first-order valence-corrected chi connectivity index (χ1v) is 10.00. The van der Waals surface area contributed by atoms with Gasteiger partial charge in [-0.1, -0.05) is 42.1 Å². The molecule has 0 spiro atoms. The van der Waals surface area contributed by atoms with Crippen LogP contribution in [-0.4, -0.2) is 38.5 Å². The monoisotopic (exact) mass is 431 g/mol. The average molecular weight is 431 g/mol. The van der Waals surface area contributed by atoms with Crippen LogP contribution in [0, 0.1) is 11.6 Å². The lowest BCUT2D eigenvalue weighted by atomic mass is 10.2. The molecule has 0 radical (unpaired) electrons. The summed E-state index contributed by atoms with van der Waals surface area (Å²) in [5.74, 6) is -1.72. The Kier molecular flexibility index (Phi) is 6.78. The highest BCUT2D eigenvalue weighted by Crippen LogP contribution is 2.31. The molecule has 3 rings (SSSR count). The summed E-state index contributed by atoms with van der Waals surface area (Å²) < 4.78 is 29.4. The van der Waals surface area contributed by atoms with E-state index in [2.05, 4.69) is 20.8 Å². The SMILES string of the molecule is CCNC(=O)NC(=O)C(C)Sc1nnc(-c2ccccc2)n1-c1ccc(F)cc1F. The highest BCUT2D eigenvalue weighted by atomic mass is 32.2. The molecule has 1 aromatic heterocycles. The van der Waals surface area contributed by atoms with Crippen molar-refractivity contribution in [2.24, 2.45) is 0 Å². The second-order valence-corrected chi connectivity index (χ2v) is 7.52. The number of thioether (sulfide) groups is 1. The molecule has 3 amide bonds. The van der Waals surface area contributed by atoms with Gasteiger partial charge in [0.2, 0.25) is 5.91 Å². The van der Waals surface area contributed by atoms with Crippen LogP contribution in [0.3, 0.4) is 0 Å². The second kappa shape index (κ2) is 9.49. The predicted molar refractivity (Wildman–Crippen MR) is 109 cm³/mol. The number of hydrogen-bond donors (Lipinski definition) is 2. The van der Waals surface area contributed by atoms with Crippen LogP contribution < -0.4 is 10.6 Å². The number of benzene rings is 2. The van der Waals surface area contributed by atoms with Gasteiger partial charge in [0, 0.05) is 18.2 Å². The fourth-order valence-corrected chi connectivity index (χ4v) is 3.49. The number of urea groups is 1. The number of amides is 3. The number of carbonyl (C=O) groups is 2. The standard InChI is InChI=1S/C20H19F2N5O2S/c1-3-23-19(29)24-18(28)12(2)30-20-26-25-17(13-7-5-4-6-8-13)27(20)16-10-9-14(21)11-15(16)22/h4-12H,3H2,1-2H3,(H2,23,24,28,29). The lowest BCUT2D eigenvalue weighted by molar-refractivity contribution is -0.119. The molecule has 1 unspecified atom stereocenters. The van der Waals surface area contributed by atoms with Gasteiger partial charge in [0.25, 0.3) is 0 Å². The predicted octanol–water partition coefficient (Wildman–Crippen LogP) is 3.54. The van der Waals surface area contributed by atoms with Gasteiger partial charge in [0.15, 0.2) is 11.0 Å². The lowest BCUT2D eigenvalue weighted by Crippen LogP contribution is -2.42. The van der Waals surface area contributed by atoms with E-state index in [9.17, 15) is 18.4 Å². The smallest absolute Gasteiger partial charge is 0.321 e. The van der Waals surface area contributed by atoms with Crippen LogP contribution in [0.25, 0.3) is 17.1 Å². The number of halogens is 2. The number of nitrogens with one attached hydrogen (secondary N) is 2. The Labute approximate surface area is 175 Å². The summed E-state index contributed by atoms with van der Waals surface area (Å²) >= 11 is 0.999. The van der Waals surface area contributed by atoms with E-state index >= 15 is 0 Å². The molecule has 0 aliphatic rings. The molecule has 10 heteroatoms. The van der Waals surface area contributed by atoms with E-state index < -0.39 is 28.8 Å². The van der Waals surface area contributed by atoms with E-state index in [1.165, 1.54) is 10.6 Å². The molecule has 0 aliphatic heterocycles. The Hall–Kier alpha value is -3.27. The third-order valence-corrected chi connectivity index (χ3v) is 5.08. The maximum absolute atomic E-state index is 14.6. The van der Waals surface area contributed by atoms with Crippen LogP contribution in [-0.2, 0) is 4.79 Å². The summed E-state index contributed by atoms with van der Waals surface area (Å²) in [6, 6.07) is 11.6. The van der Waals surface area contributed by atoms with Crippen LogP contribution in [0.2, 0.25) is 0 Å². The summed E-state index contributed by atoms with van der Waals surface area (Å²) in [5.41, 5.74) is 0.707. The van der Waals surface area contributed by atoms with E-state index in [1.807, 2.05) is 6.07 Å². The fourth-order valence-electron chi connectivity index (χ4n) is 2.63. The second-order valence-electron chi connectivity index (χ2n) is 6.21. The molecule has 30 heavy (non-hydrogen) atoms. The van der Waals surface area contributed by atoms with Crippen molar-refractivity contribution in [3.8, 4) is 17.1 Å². The number of rotatable bonds is 6. The molecular formula is C20H19F2N5O2S. The van der Waals surface area contributed by atoms with Crippen LogP contribution >= 0.6 is 11.8 Å². The Morgan fingerprint density at radius 1 is 1.13 bits per heavy atom. The van der Waals surface area contributed by atoms with Gasteiger partial charge in [0.1, 0.15) is 11.6 Å². The highest BCUT2D eigenvalue weighted by Gasteiger charge is 2.24. The van der Waals surface area contributed by atoms with Gasteiger partial charge in [0.05, 0.1) is 10.9 Å². The minimum absolute atomic E-state index is 0.0408. The van der Waals surface area contributed by atoms with Crippen molar-refractivity contribution in [2.45, 2.75) is 24.3 Å². The third-order valence-electron chi connectivity index (χ3n) is 4.04. The van der Waals surface area contributed by atoms with Gasteiger partial charge in [-0.15, -0.1) is 10.2 Å². The van der Waals surface area contributed by atoms with E-state index in [1.54, 1.807) is 38.1 Å². The number of carbonyl (C=O) groups excluding carboxylic acids is 2. The van der Waals surface area contributed by atoms with Gasteiger partial charge in [-0.05, 0) is 26.0 Å². The minimum atomic E-state index is -0.798. The molecule has 2 N–H and O–H groups in total. The van der Waals surface area contributed by atoms with Crippen LogP contribution in [0.15, 0.2) is 53.7 Å². The third kappa shape index (κ3) is 4.82. The van der Waals surface area contributed by atoms with Crippen molar-refractivity contribution >= 4 is 23.7 Å². The van der Waals surface area contributed by atoms with Crippen LogP contribution in [0.1, 0.15) is 13.8 Å². The van der Waals surface area contributed by atoms with Crippen molar-refractivity contribution in [3.63, 3.8) is 0 Å². The first kappa shape index (κ1) is 21.4. The Morgan fingerprint density at radius 2 is 1.87 bits per heavy atom. The van der Waals surface area contributed by atoms with Crippen LogP contribution in [0.5, 0.6) is 0 Å². The Bertz CT molecular complexity index is 1060. The number of aromatic nitrogens is 3. The molecule has 1 atom stereocenters. The zero-order valence-electron chi connectivity index (χ0n) is 16.2. The number of imide groups is 1. The highest BCUT2D eigenvalue weighted by molar-refractivity contribution is 8.00. The van der Waals surface area contributed by atoms with E-state index in [0.717, 1.165) is 23.9 Å². The summed E-state index contributed by atoms with van der Waals surface area (Å²) in [7, 11) is 0. The summed E-state index contributed by atoms with van der Waals surface area (Å²) in [4.78, 5) is 23.9. The normalized spacial score (nSPS) is 11.7. The molecule has 156 valence electrons. The molecule has 0 aliphatic carbocycles. The van der Waals surface area contributed by atoms with Gasteiger partial charge < -0.3 is 5.32 Å². The molecule has 3 aromatic rings. The molecule has 0 fully saturated rings. The summed E-state index contributed by atoms with van der Waals surface area (Å²) in [6.07, 6.45) is 0. The molecule has 1 heterocycles. The molecule has 0 saturated carbocycles. The Balaban J connectivity index is 1.98. The number of nitrogens with zero attached hydrogens (tertiary/aromatic N) is 3. The van der Waals surface area contributed by atoms with Crippen molar-refractivity contribution in [1.29, 1.82) is 0 Å². The molecule has 0 bridgehead atoms. The van der Waals surface area contributed by atoms with Crippen molar-refractivity contribution in [2.75, 3.05) is 6.54 Å². The van der Waals surface area contributed by atoms with Crippen molar-refractivity contribution < 1.29 is 18.4 Å². The average Bonchev–Trinajstić information content (AvgIpc) is 3.12. The molecular weight excluding hydrogens is 412 g/mol. The van der Waals surface area contributed by atoms with Gasteiger partial charge >= 0.3 is 6.03 Å². The van der Waals surface area contributed by atoms with Crippen molar-refractivity contribution in [1.82, 2.24) is 25.4 Å². The van der Waals surface area contributed by atoms with Gasteiger partial charge in [-0.25, -0.2) is 13.6 Å². The number of hydrogen-bond acceptors (Lipinski definition) is 5. The van der Waals surface area contributed by atoms with Gasteiger partial charge in [-0.2, -0.15) is 0 Å². The molecule has 0 saturated heterocycles.